The third-order valence-electron chi connectivity index (χ3n) is 5.48. The number of benzene rings is 2. The fourth-order valence-electron chi connectivity index (χ4n) is 4.22. The van der Waals surface area contributed by atoms with Gasteiger partial charge in [0.1, 0.15) is 5.58 Å². The van der Waals surface area contributed by atoms with E-state index in [1.807, 2.05) is 19.9 Å². The number of aliphatic hydroxyl groups is 1. The summed E-state index contributed by atoms with van der Waals surface area (Å²) in [6, 6.07) is 8.23. The first-order valence-electron chi connectivity index (χ1n) is 9.63. The molecule has 30 heavy (non-hydrogen) atoms. The van der Waals surface area contributed by atoms with Gasteiger partial charge >= 0.3 is 0 Å². The van der Waals surface area contributed by atoms with Crippen molar-refractivity contribution < 1.29 is 23.8 Å². The zero-order valence-electron chi connectivity index (χ0n) is 17.3. The van der Waals surface area contributed by atoms with Crippen LogP contribution >= 0.6 is 0 Å². The highest BCUT2D eigenvalue weighted by Crippen LogP contribution is 2.41. The maximum atomic E-state index is 13.6. The second-order valence-corrected chi connectivity index (χ2v) is 7.37. The first kappa shape index (κ1) is 20.0. The molecule has 1 aromatic heterocycles. The van der Waals surface area contributed by atoms with E-state index >= 15 is 0 Å². The Kier molecular flexibility index (Phi) is 4.99. The van der Waals surface area contributed by atoms with Gasteiger partial charge in [-0.2, -0.15) is 0 Å². The average molecular weight is 409 g/mol. The minimum atomic E-state index is -0.694. The van der Waals surface area contributed by atoms with Crippen molar-refractivity contribution in [3.05, 3.63) is 68.6 Å². The van der Waals surface area contributed by atoms with E-state index in [4.69, 9.17) is 13.9 Å². The second kappa shape index (κ2) is 7.50. The van der Waals surface area contributed by atoms with Gasteiger partial charge in [0, 0.05) is 6.54 Å². The quantitative estimate of drug-likeness (QED) is 0.697. The van der Waals surface area contributed by atoms with E-state index in [1.165, 1.54) is 19.1 Å². The Morgan fingerprint density at radius 2 is 1.80 bits per heavy atom. The van der Waals surface area contributed by atoms with Gasteiger partial charge in [-0.1, -0.05) is 12.1 Å². The second-order valence-electron chi connectivity index (χ2n) is 7.37. The van der Waals surface area contributed by atoms with Crippen LogP contribution in [0.1, 0.15) is 38.9 Å². The summed E-state index contributed by atoms with van der Waals surface area (Å²) in [6.45, 7) is 3.59. The summed E-state index contributed by atoms with van der Waals surface area (Å²) in [6.07, 6.45) is 0. The Labute approximate surface area is 173 Å². The summed E-state index contributed by atoms with van der Waals surface area (Å²) in [5.41, 5.74) is 2.83. The van der Waals surface area contributed by atoms with Gasteiger partial charge in [-0.3, -0.25) is 9.59 Å². The number of β-amino-alcohol motifs (C(OH)–C–C–N with tert-alkyl or cyclic N) is 1. The van der Waals surface area contributed by atoms with Gasteiger partial charge < -0.3 is 23.9 Å². The highest BCUT2D eigenvalue weighted by atomic mass is 16.5. The SMILES string of the molecule is COc1ccc(C2c3c(oc4cc(C)cc(C)c4c3=O)C(=O)N2CCO)cc1OC. The van der Waals surface area contributed by atoms with Gasteiger partial charge in [0.25, 0.3) is 5.91 Å². The largest absolute Gasteiger partial charge is 0.493 e. The molecule has 4 rings (SSSR count). The standard InChI is InChI=1S/C23H23NO6/c1-12-9-13(2)18-17(10-12)30-22-19(21(18)26)20(24(7-8-25)23(22)27)14-5-6-15(28-3)16(11-14)29-4/h5-6,9-11,20,25H,7-8H2,1-4H3. The molecule has 7 nitrogen and oxygen atoms in total. The molecule has 0 fully saturated rings. The number of methoxy groups -OCH3 is 2. The predicted molar refractivity (Wildman–Crippen MR) is 111 cm³/mol. The van der Waals surface area contributed by atoms with Crippen molar-refractivity contribution in [2.24, 2.45) is 0 Å². The van der Waals surface area contributed by atoms with E-state index in [0.29, 0.717) is 28.0 Å². The Balaban J connectivity index is 2.01. The first-order valence-corrected chi connectivity index (χ1v) is 9.63. The maximum absolute atomic E-state index is 13.6. The highest BCUT2D eigenvalue weighted by molar-refractivity contribution is 5.99. The number of hydrogen-bond donors (Lipinski definition) is 1. The molecule has 3 aromatic rings. The summed E-state index contributed by atoms with van der Waals surface area (Å²) >= 11 is 0. The molecule has 1 aliphatic heterocycles. The minimum absolute atomic E-state index is 0.0192. The van der Waals surface area contributed by atoms with Crippen LogP contribution in [-0.4, -0.2) is 43.3 Å². The van der Waals surface area contributed by atoms with Crippen molar-refractivity contribution in [3.8, 4) is 11.5 Å². The molecule has 0 radical (unpaired) electrons. The molecule has 1 aliphatic rings. The molecule has 0 spiro atoms. The molecule has 1 atom stereocenters. The van der Waals surface area contributed by atoms with Gasteiger partial charge in [-0.15, -0.1) is 0 Å². The topological polar surface area (TPSA) is 89.2 Å². The molecule has 2 aromatic carbocycles. The van der Waals surface area contributed by atoms with Crippen LogP contribution in [0, 0.1) is 13.8 Å². The van der Waals surface area contributed by atoms with Crippen LogP contribution in [0.3, 0.4) is 0 Å². The summed E-state index contributed by atoms with van der Waals surface area (Å²) in [7, 11) is 3.06. The maximum Gasteiger partial charge on any atom is 0.290 e. The van der Waals surface area contributed by atoms with E-state index in [0.717, 1.165) is 11.1 Å². The molecule has 1 N–H and O–H groups in total. The number of rotatable bonds is 5. The Morgan fingerprint density at radius 3 is 2.47 bits per heavy atom. The van der Waals surface area contributed by atoms with Gasteiger partial charge in [0.15, 0.2) is 16.9 Å². The fourth-order valence-corrected chi connectivity index (χ4v) is 4.22. The number of hydrogen-bond acceptors (Lipinski definition) is 6. The number of carbonyl (C=O) groups excluding carboxylic acids is 1. The smallest absolute Gasteiger partial charge is 0.290 e. The van der Waals surface area contributed by atoms with Gasteiger partial charge in [-0.25, -0.2) is 0 Å². The molecule has 0 aliphatic carbocycles. The number of nitrogens with zero attached hydrogens (tertiary/aromatic N) is 1. The van der Waals surface area contributed by atoms with Crippen LogP contribution in [-0.2, 0) is 0 Å². The van der Waals surface area contributed by atoms with Crippen LogP contribution in [0.15, 0.2) is 39.5 Å². The summed E-state index contributed by atoms with van der Waals surface area (Å²) in [4.78, 5) is 28.1. The van der Waals surface area contributed by atoms with Crippen LogP contribution in [0.25, 0.3) is 11.0 Å². The molecular weight excluding hydrogens is 386 g/mol. The summed E-state index contributed by atoms with van der Waals surface area (Å²) in [5.74, 6) is 0.621. The van der Waals surface area contributed by atoms with E-state index in [1.54, 1.807) is 24.3 Å². The monoisotopic (exact) mass is 409 g/mol. The Hall–Kier alpha value is -3.32. The van der Waals surface area contributed by atoms with Crippen LogP contribution in [0.2, 0.25) is 0 Å². The Morgan fingerprint density at radius 1 is 1.07 bits per heavy atom. The number of aliphatic hydroxyl groups excluding tert-OH is 1. The predicted octanol–water partition coefficient (Wildman–Crippen LogP) is 2.96. The van der Waals surface area contributed by atoms with Crippen molar-refractivity contribution in [1.29, 1.82) is 0 Å². The molecule has 0 bridgehead atoms. The van der Waals surface area contributed by atoms with Gasteiger partial charge in [0.05, 0.1) is 37.8 Å². The lowest BCUT2D eigenvalue weighted by atomic mass is 9.96. The average Bonchev–Trinajstić information content (AvgIpc) is 2.99. The van der Waals surface area contributed by atoms with Gasteiger partial charge in [0.2, 0.25) is 5.76 Å². The molecule has 2 heterocycles. The minimum Gasteiger partial charge on any atom is -0.493 e. The van der Waals surface area contributed by atoms with Crippen molar-refractivity contribution in [3.63, 3.8) is 0 Å². The van der Waals surface area contributed by atoms with Gasteiger partial charge in [-0.05, 0) is 48.7 Å². The summed E-state index contributed by atoms with van der Waals surface area (Å²) in [5, 5.41) is 10.0. The lowest BCUT2D eigenvalue weighted by Gasteiger charge is -2.25. The molecule has 7 heteroatoms. The Bertz CT molecular complexity index is 1210. The zero-order valence-corrected chi connectivity index (χ0v) is 17.3. The number of carbonyl (C=O) groups is 1. The van der Waals surface area contributed by atoms with Crippen LogP contribution in [0.5, 0.6) is 11.5 Å². The lowest BCUT2D eigenvalue weighted by Crippen LogP contribution is -2.32. The van der Waals surface area contributed by atoms with E-state index in [9.17, 15) is 14.7 Å². The van der Waals surface area contributed by atoms with Crippen molar-refractivity contribution in [1.82, 2.24) is 4.90 Å². The fraction of sp³-hybridized carbons (Fsp3) is 0.304. The number of aryl methyl sites for hydroxylation is 2. The number of fused-ring (bicyclic) bond motifs is 2. The molecule has 0 saturated heterocycles. The molecule has 0 saturated carbocycles. The first-order chi connectivity index (χ1) is 14.4. The number of amides is 1. The van der Waals surface area contributed by atoms with Crippen LogP contribution < -0.4 is 14.9 Å². The van der Waals surface area contributed by atoms with Crippen molar-refractivity contribution in [2.75, 3.05) is 27.4 Å². The molecular formula is C23H23NO6. The number of ether oxygens (including phenoxy) is 2. The molecule has 1 amide bonds. The normalized spacial score (nSPS) is 15.6. The third-order valence-corrected chi connectivity index (χ3v) is 5.48. The third kappa shape index (κ3) is 2.93. The lowest BCUT2D eigenvalue weighted by molar-refractivity contribution is 0.0691. The van der Waals surface area contributed by atoms with E-state index < -0.39 is 11.9 Å². The molecule has 156 valence electrons. The van der Waals surface area contributed by atoms with Crippen LogP contribution in [0.4, 0.5) is 0 Å². The zero-order chi connectivity index (χ0) is 21.6. The van der Waals surface area contributed by atoms with Crippen molar-refractivity contribution in [2.45, 2.75) is 19.9 Å². The molecule has 1 unspecified atom stereocenters. The van der Waals surface area contributed by atoms with Crippen molar-refractivity contribution >= 4 is 16.9 Å². The van der Waals surface area contributed by atoms with E-state index in [-0.39, 0.29) is 29.9 Å². The highest BCUT2D eigenvalue weighted by Gasteiger charge is 2.42. The van der Waals surface area contributed by atoms with E-state index in [2.05, 4.69) is 0 Å². The summed E-state index contributed by atoms with van der Waals surface area (Å²) < 4.78 is 16.7.